The lowest BCUT2D eigenvalue weighted by molar-refractivity contribution is 0.386. The molecule has 88 valence electrons. The van der Waals surface area contributed by atoms with E-state index in [0.29, 0.717) is 13.8 Å². The minimum absolute atomic E-state index is 0.297. The second kappa shape index (κ2) is 4.32. The average molecular weight is 348 g/mol. The molecule has 2 aromatic rings. The lowest BCUT2D eigenvalue weighted by Crippen LogP contribution is -2.31. The molecule has 1 aromatic heterocycles. The van der Waals surface area contributed by atoms with Crippen molar-refractivity contribution in [3.8, 4) is 11.6 Å². The first-order chi connectivity index (χ1) is 8.02. The minimum Gasteiger partial charge on any atom is -0.492 e. The number of halogens is 2. The van der Waals surface area contributed by atoms with Gasteiger partial charge >= 0.3 is 5.69 Å². The molecule has 0 atom stereocenters. The first kappa shape index (κ1) is 11.8. The largest absolute Gasteiger partial charge is 0.492 e. The average Bonchev–Trinajstić information content (AvgIpc) is 2.29. The number of benzene rings is 1. The zero-order valence-corrected chi connectivity index (χ0v) is 10.4. The number of rotatable bonds is 1. The molecule has 0 spiro atoms. The Kier molecular flexibility index (Phi) is 3.01. The van der Waals surface area contributed by atoms with Crippen molar-refractivity contribution >= 4 is 22.6 Å². The summed E-state index contributed by atoms with van der Waals surface area (Å²) < 4.78 is 14.6. The summed E-state index contributed by atoms with van der Waals surface area (Å²) >= 11 is 1.93. The number of H-pyrrole nitrogens is 1. The molecule has 0 saturated heterocycles. The highest BCUT2D eigenvalue weighted by Gasteiger charge is 2.16. The summed E-state index contributed by atoms with van der Waals surface area (Å²) in [6, 6.07) is 6.58. The van der Waals surface area contributed by atoms with Gasteiger partial charge in [-0.1, -0.05) is 12.1 Å². The van der Waals surface area contributed by atoms with Crippen molar-refractivity contribution in [2.75, 3.05) is 0 Å². The molecule has 0 saturated carbocycles. The molecule has 7 heteroatoms. The highest BCUT2D eigenvalue weighted by Crippen LogP contribution is 2.19. The molecule has 0 aliphatic heterocycles. The number of hydrogen-bond donors (Lipinski definition) is 2. The molecule has 2 rings (SSSR count). The SMILES string of the molecule is O=c1[nH]c(=O)n(-c2ccccc2I)c(O)c1F. The Bertz CT molecular complexity index is 693. The Morgan fingerprint density at radius 3 is 2.59 bits per heavy atom. The van der Waals surface area contributed by atoms with Crippen LogP contribution in [0.4, 0.5) is 4.39 Å². The van der Waals surface area contributed by atoms with Crippen LogP contribution in [0.25, 0.3) is 5.69 Å². The van der Waals surface area contributed by atoms with Crippen LogP contribution in [0.3, 0.4) is 0 Å². The summed E-state index contributed by atoms with van der Waals surface area (Å²) in [7, 11) is 0. The van der Waals surface area contributed by atoms with Gasteiger partial charge in [0.2, 0.25) is 11.7 Å². The van der Waals surface area contributed by atoms with Crippen LogP contribution in [0.2, 0.25) is 0 Å². The quantitative estimate of drug-likeness (QED) is 0.755. The van der Waals surface area contributed by atoms with E-state index >= 15 is 0 Å². The van der Waals surface area contributed by atoms with Crippen molar-refractivity contribution in [3.63, 3.8) is 0 Å². The summed E-state index contributed by atoms with van der Waals surface area (Å²) in [5, 5.41) is 9.50. The van der Waals surface area contributed by atoms with Gasteiger partial charge in [-0.3, -0.25) is 9.78 Å². The Morgan fingerprint density at radius 2 is 1.94 bits per heavy atom. The molecule has 5 nitrogen and oxygen atoms in total. The van der Waals surface area contributed by atoms with E-state index in [-0.39, 0.29) is 0 Å². The predicted octanol–water partition coefficient (Wildman–Crippen LogP) is 0.975. The number of aromatic hydroxyl groups is 1. The van der Waals surface area contributed by atoms with E-state index < -0.39 is 22.9 Å². The fourth-order valence-electron chi connectivity index (χ4n) is 1.36. The molecule has 0 amide bonds. The van der Waals surface area contributed by atoms with E-state index in [1.54, 1.807) is 23.2 Å². The monoisotopic (exact) mass is 348 g/mol. The second-order valence-corrected chi connectivity index (χ2v) is 4.35. The van der Waals surface area contributed by atoms with Crippen LogP contribution in [0, 0.1) is 9.39 Å². The van der Waals surface area contributed by atoms with Gasteiger partial charge in [0.05, 0.1) is 5.69 Å². The number of para-hydroxylation sites is 1. The van der Waals surface area contributed by atoms with Crippen LogP contribution < -0.4 is 11.2 Å². The van der Waals surface area contributed by atoms with Crippen LogP contribution in [-0.4, -0.2) is 14.7 Å². The molecule has 1 heterocycles. The van der Waals surface area contributed by atoms with Crippen LogP contribution >= 0.6 is 22.6 Å². The third kappa shape index (κ3) is 1.97. The smallest absolute Gasteiger partial charge is 0.335 e. The van der Waals surface area contributed by atoms with Gasteiger partial charge in [-0.15, -0.1) is 0 Å². The van der Waals surface area contributed by atoms with Crippen LogP contribution in [0.15, 0.2) is 33.9 Å². The number of nitrogens with one attached hydrogen (secondary N) is 1. The number of aromatic amines is 1. The fraction of sp³-hybridized carbons (Fsp3) is 0. The molecule has 0 fully saturated rings. The zero-order valence-electron chi connectivity index (χ0n) is 8.28. The molecule has 0 aliphatic carbocycles. The molecular weight excluding hydrogens is 342 g/mol. The van der Waals surface area contributed by atoms with Crippen molar-refractivity contribution in [2.24, 2.45) is 0 Å². The van der Waals surface area contributed by atoms with E-state index in [4.69, 9.17) is 0 Å². The third-order valence-corrected chi connectivity index (χ3v) is 3.04. The van der Waals surface area contributed by atoms with E-state index in [9.17, 15) is 19.1 Å². The van der Waals surface area contributed by atoms with Gasteiger partial charge in [0.15, 0.2) is 0 Å². The Hall–Kier alpha value is -1.64. The van der Waals surface area contributed by atoms with E-state index in [0.717, 1.165) is 0 Å². The van der Waals surface area contributed by atoms with Crippen molar-refractivity contribution in [2.45, 2.75) is 0 Å². The Labute approximate surface area is 108 Å². The van der Waals surface area contributed by atoms with Crippen molar-refractivity contribution < 1.29 is 9.50 Å². The first-order valence-corrected chi connectivity index (χ1v) is 5.59. The van der Waals surface area contributed by atoms with E-state index in [1.807, 2.05) is 22.6 Å². The molecule has 0 bridgehead atoms. The third-order valence-electron chi connectivity index (χ3n) is 2.12. The highest BCUT2D eigenvalue weighted by atomic mass is 127. The highest BCUT2D eigenvalue weighted by molar-refractivity contribution is 14.1. The molecule has 2 N–H and O–H groups in total. The zero-order chi connectivity index (χ0) is 12.6. The first-order valence-electron chi connectivity index (χ1n) is 4.51. The fourth-order valence-corrected chi connectivity index (χ4v) is 1.99. The van der Waals surface area contributed by atoms with E-state index in [1.165, 1.54) is 6.07 Å². The van der Waals surface area contributed by atoms with Crippen LogP contribution in [-0.2, 0) is 0 Å². The Balaban J connectivity index is 2.87. The predicted molar refractivity (Wildman–Crippen MR) is 67.0 cm³/mol. The number of nitrogens with zero attached hydrogens (tertiary/aromatic N) is 1. The standard InChI is InChI=1S/C10H6FIN2O3/c11-7-8(15)13-10(17)14(9(7)16)6-4-2-1-3-5(6)12/h1-4,16H,(H,13,15,17). The minimum atomic E-state index is -1.38. The maximum atomic E-state index is 13.2. The van der Waals surface area contributed by atoms with Crippen molar-refractivity contribution in [1.82, 2.24) is 9.55 Å². The topological polar surface area (TPSA) is 75.1 Å². The van der Waals surface area contributed by atoms with Gasteiger partial charge in [-0.05, 0) is 34.7 Å². The maximum Gasteiger partial charge on any atom is 0.335 e. The van der Waals surface area contributed by atoms with Gasteiger partial charge in [-0.25, -0.2) is 9.36 Å². The van der Waals surface area contributed by atoms with E-state index in [2.05, 4.69) is 0 Å². The lowest BCUT2D eigenvalue weighted by atomic mass is 10.3. The maximum absolute atomic E-state index is 13.2. The summed E-state index contributed by atoms with van der Waals surface area (Å²) in [6.07, 6.45) is 0. The molecule has 0 radical (unpaired) electrons. The number of aromatic nitrogens is 2. The molecule has 0 unspecified atom stereocenters. The summed E-state index contributed by atoms with van der Waals surface area (Å²) in [5.74, 6) is -2.38. The van der Waals surface area contributed by atoms with Crippen molar-refractivity contribution in [1.29, 1.82) is 0 Å². The summed E-state index contributed by atoms with van der Waals surface area (Å²) in [5.41, 5.74) is -1.83. The normalized spacial score (nSPS) is 10.5. The second-order valence-electron chi connectivity index (χ2n) is 3.18. The Morgan fingerprint density at radius 1 is 1.29 bits per heavy atom. The van der Waals surface area contributed by atoms with Gasteiger partial charge in [0.25, 0.3) is 5.56 Å². The van der Waals surface area contributed by atoms with Crippen molar-refractivity contribution in [3.05, 3.63) is 54.5 Å². The van der Waals surface area contributed by atoms with Gasteiger partial charge in [0, 0.05) is 3.57 Å². The molecular formula is C10H6FIN2O3. The molecule has 0 aliphatic rings. The van der Waals surface area contributed by atoms with Gasteiger partial charge in [0.1, 0.15) is 0 Å². The summed E-state index contributed by atoms with van der Waals surface area (Å²) in [6.45, 7) is 0. The number of hydrogen-bond acceptors (Lipinski definition) is 3. The lowest BCUT2D eigenvalue weighted by Gasteiger charge is -2.09. The van der Waals surface area contributed by atoms with Crippen LogP contribution in [0.5, 0.6) is 5.88 Å². The summed E-state index contributed by atoms with van der Waals surface area (Å²) in [4.78, 5) is 24.3. The molecule has 17 heavy (non-hydrogen) atoms. The van der Waals surface area contributed by atoms with Crippen LogP contribution in [0.1, 0.15) is 0 Å². The molecule has 1 aromatic carbocycles. The van der Waals surface area contributed by atoms with Gasteiger partial charge < -0.3 is 5.11 Å². The van der Waals surface area contributed by atoms with Gasteiger partial charge in [-0.2, -0.15) is 4.39 Å².